The Morgan fingerprint density at radius 3 is 2.44 bits per heavy atom. The highest BCUT2D eigenvalue weighted by molar-refractivity contribution is 5.82. The highest BCUT2D eigenvalue weighted by Gasteiger charge is 2.32. The third-order valence-corrected chi connectivity index (χ3v) is 5.67. The number of carbonyl (C=O) groups excluding carboxylic acids is 1. The molecule has 0 radical (unpaired) electrons. The standard InChI is InChI=1S/C18H32N4O3/c1-19-17(20-14-18(24)7-3-2-4-8-18)22-11-9-21(10-12-22)16(23)15-6-5-13-25-15/h15,24H,2-14H2,1H3,(H,19,20). The van der Waals surface area contributed by atoms with Crippen LogP contribution in [-0.4, -0.2) is 84.9 Å². The minimum atomic E-state index is -0.605. The SMILES string of the molecule is CN=C(NCC1(O)CCCCC1)N1CCN(C(=O)C2CCCO2)CC1. The summed E-state index contributed by atoms with van der Waals surface area (Å²) < 4.78 is 5.51. The van der Waals surface area contributed by atoms with E-state index in [1.165, 1.54) is 6.42 Å². The minimum Gasteiger partial charge on any atom is -0.388 e. The number of hydrogen-bond donors (Lipinski definition) is 2. The van der Waals surface area contributed by atoms with Gasteiger partial charge in [0.2, 0.25) is 0 Å². The molecule has 2 heterocycles. The third-order valence-electron chi connectivity index (χ3n) is 5.67. The molecule has 3 rings (SSSR count). The summed E-state index contributed by atoms with van der Waals surface area (Å²) in [7, 11) is 1.77. The number of guanidine groups is 1. The van der Waals surface area contributed by atoms with Crippen molar-refractivity contribution in [1.82, 2.24) is 15.1 Å². The van der Waals surface area contributed by atoms with Gasteiger partial charge in [-0.1, -0.05) is 19.3 Å². The largest absolute Gasteiger partial charge is 0.388 e. The Balaban J connectivity index is 1.46. The number of nitrogens with zero attached hydrogens (tertiary/aromatic N) is 3. The number of hydrogen-bond acceptors (Lipinski definition) is 4. The summed E-state index contributed by atoms with van der Waals surface area (Å²) in [5.74, 6) is 0.958. The molecule has 0 spiro atoms. The first-order valence-corrected chi connectivity index (χ1v) is 9.70. The fraction of sp³-hybridized carbons (Fsp3) is 0.889. The molecule has 1 saturated carbocycles. The molecule has 7 nitrogen and oxygen atoms in total. The van der Waals surface area contributed by atoms with E-state index in [0.29, 0.717) is 26.2 Å². The molecule has 142 valence electrons. The summed E-state index contributed by atoms with van der Waals surface area (Å²) in [6, 6.07) is 0. The van der Waals surface area contributed by atoms with Crippen molar-refractivity contribution in [2.45, 2.75) is 56.7 Å². The zero-order chi connectivity index (χ0) is 17.7. The van der Waals surface area contributed by atoms with Crippen molar-refractivity contribution in [3.8, 4) is 0 Å². The predicted octanol–water partition coefficient (Wildman–Crippen LogP) is 0.580. The van der Waals surface area contributed by atoms with E-state index in [1.807, 2.05) is 4.90 Å². The van der Waals surface area contributed by atoms with Crippen LogP contribution in [0.4, 0.5) is 0 Å². The molecule has 1 amide bonds. The van der Waals surface area contributed by atoms with Crippen LogP contribution >= 0.6 is 0 Å². The predicted molar refractivity (Wildman–Crippen MR) is 96.5 cm³/mol. The molecular formula is C18H32N4O3. The van der Waals surface area contributed by atoms with Gasteiger partial charge in [0.05, 0.1) is 5.60 Å². The summed E-state index contributed by atoms with van der Waals surface area (Å²) in [6.45, 7) is 4.17. The third kappa shape index (κ3) is 4.64. The Morgan fingerprint density at radius 2 is 1.84 bits per heavy atom. The van der Waals surface area contributed by atoms with E-state index in [9.17, 15) is 9.90 Å². The van der Waals surface area contributed by atoms with Gasteiger partial charge in [-0.05, 0) is 25.7 Å². The van der Waals surface area contributed by atoms with Crippen LogP contribution in [0.15, 0.2) is 4.99 Å². The van der Waals surface area contributed by atoms with Crippen LogP contribution in [0.1, 0.15) is 44.9 Å². The van der Waals surface area contributed by atoms with E-state index < -0.39 is 5.60 Å². The van der Waals surface area contributed by atoms with Gasteiger partial charge in [-0.15, -0.1) is 0 Å². The lowest BCUT2D eigenvalue weighted by molar-refractivity contribution is -0.142. The molecule has 2 aliphatic heterocycles. The van der Waals surface area contributed by atoms with Crippen LogP contribution in [0.25, 0.3) is 0 Å². The van der Waals surface area contributed by atoms with Crippen molar-refractivity contribution in [2.75, 3.05) is 46.4 Å². The van der Waals surface area contributed by atoms with Crippen molar-refractivity contribution in [2.24, 2.45) is 4.99 Å². The van der Waals surface area contributed by atoms with E-state index in [4.69, 9.17) is 4.74 Å². The van der Waals surface area contributed by atoms with Crippen LogP contribution in [0, 0.1) is 0 Å². The second-order valence-corrected chi connectivity index (χ2v) is 7.50. The zero-order valence-corrected chi connectivity index (χ0v) is 15.4. The first-order valence-electron chi connectivity index (χ1n) is 9.70. The Bertz CT molecular complexity index is 477. The van der Waals surface area contributed by atoms with Crippen molar-refractivity contribution in [3.05, 3.63) is 0 Å². The fourth-order valence-electron chi connectivity index (χ4n) is 4.08. The van der Waals surface area contributed by atoms with Gasteiger partial charge in [-0.25, -0.2) is 0 Å². The second kappa shape index (κ2) is 8.36. The van der Waals surface area contributed by atoms with E-state index in [2.05, 4.69) is 15.2 Å². The van der Waals surface area contributed by atoms with Crippen molar-refractivity contribution in [3.63, 3.8) is 0 Å². The smallest absolute Gasteiger partial charge is 0.251 e. The van der Waals surface area contributed by atoms with Crippen molar-refractivity contribution in [1.29, 1.82) is 0 Å². The molecule has 2 N–H and O–H groups in total. The average Bonchev–Trinajstić information content (AvgIpc) is 3.17. The number of amides is 1. The highest BCUT2D eigenvalue weighted by Crippen LogP contribution is 2.27. The summed E-state index contributed by atoms with van der Waals surface area (Å²) in [5, 5.41) is 14.0. The Hall–Kier alpha value is -1.34. The second-order valence-electron chi connectivity index (χ2n) is 7.50. The number of nitrogens with one attached hydrogen (secondary N) is 1. The molecule has 0 bridgehead atoms. The number of rotatable bonds is 3. The monoisotopic (exact) mass is 352 g/mol. The molecule has 3 fully saturated rings. The number of ether oxygens (including phenoxy) is 1. The maximum Gasteiger partial charge on any atom is 0.251 e. The molecule has 1 aliphatic carbocycles. The van der Waals surface area contributed by atoms with Crippen LogP contribution in [0.5, 0.6) is 0 Å². The number of aliphatic imine (C=N–C) groups is 1. The maximum absolute atomic E-state index is 12.4. The van der Waals surface area contributed by atoms with Crippen LogP contribution in [0.3, 0.4) is 0 Å². The van der Waals surface area contributed by atoms with Gasteiger partial charge >= 0.3 is 0 Å². The quantitative estimate of drug-likeness (QED) is 0.574. The summed E-state index contributed by atoms with van der Waals surface area (Å²) in [5.41, 5.74) is -0.605. The van der Waals surface area contributed by atoms with Gasteiger partial charge < -0.3 is 25.0 Å². The first-order chi connectivity index (χ1) is 12.1. The highest BCUT2D eigenvalue weighted by atomic mass is 16.5. The van der Waals surface area contributed by atoms with E-state index in [0.717, 1.165) is 57.6 Å². The molecule has 1 unspecified atom stereocenters. The average molecular weight is 352 g/mol. The summed E-state index contributed by atoms with van der Waals surface area (Å²) >= 11 is 0. The molecule has 25 heavy (non-hydrogen) atoms. The van der Waals surface area contributed by atoms with Crippen molar-refractivity contribution < 1.29 is 14.6 Å². The lowest BCUT2D eigenvalue weighted by Gasteiger charge is -2.39. The Morgan fingerprint density at radius 1 is 1.16 bits per heavy atom. The molecule has 1 atom stereocenters. The molecule has 0 aromatic carbocycles. The number of carbonyl (C=O) groups is 1. The van der Waals surface area contributed by atoms with Crippen LogP contribution in [-0.2, 0) is 9.53 Å². The molecule has 2 saturated heterocycles. The van der Waals surface area contributed by atoms with Crippen LogP contribution in [0.2, 0.25) is 0 Å². The molecule has 7 heteroatoms. The van der Waals surface area contributed by atoms with Crippen molar-refractivity contribution >= 4 is 11.9 Å². The lowest BCUT2D eigenvalue weighted by atomic mass is 9.85. The Labute approximate surface area is 150 Å². The summed E-state index contributed by atoms with van der Waals surface area (Å²) in [4.78, 5) is 20.9. The van der Waals surface area contributed by atoms with Gasteiger partial charge in [-0.3, -0.25) is 9.79 Å². The number of aliphatic hydroxyl groups is 1. The molecule has 3 aliphatic rings. The number of piperazine rings is 1. The van der Waals surface area contributed by atoms with Gasteiger partial charge in [0, 0.05) is 46.4 Å². The van der Waals surface area contributed by atoms with E-state index in [-0.39, 0.29) is 12.0 Å². The Kier molecular flexibility index (Phi) is 6.17. The fourth-order valence-corrected chi connectivity index (χ4v) is 4.08. The van der Waals surface area contributed by atoms with E-state index in [1.54, 1.807) is 7.05 Å². The van der Waals surface area contributed by atoms with Gasteiger partial charge in [-0.2, -0.15) is 0 Å². The van der Waals surface area contributed by atoms with E-state index >= 15 is 0 Å². The van der Waals surface area contributed by atoms with Gasteiger partial charge in [0.25, 0.3) is 5.91 Å². The van der Waals surface area contributed by atoms with Crippen LogP contribution < -0.4 is 5.32 Å². The molecule has 0 aromatic heterocycles. The lowest BCUT2D eigenvalue weighted by Crippen LogP contribution is -2.56. The first kappa shape index (κ1) is 18.5. The zero-order valence-electron chi connectivity index (χ0n) is 15.4. The van der Waals surface area contributed by atoms with Gasteiger partial charge in [0.15, 0.2) is 5.96 Å². The van der Waals surface area contributed by atoms with Gasteiger partial charge in [0.1, 0.15) is 6.10 Å². The topological polar surface area (TPSA) is 77.4 Å². The molecule has 0 aromatic rings. The molecular weight excluding hydrogens is 320 g/mol. The maximum atomic E-state index is 12.4. The minimum absolute atomic E-state index is 0.136. The summed E-state index contributed by atoms with van der Waals surface area (Å²) in [6.07, 6.45) is 6.74. The normalized spacial score (nSPS) is 27.4.